The Morgan fingerprint density at radius 3 is 2.85 bits per heavy atom. The maximum absolute atomic E-state index is 12.7. The lowest BCUT2D eigenvalue weighted by molar-refractivity contribution is 0.627. The van der Waals surface area contributed by atoms with E-state index in [0.29, 0.717) is 11.6 Å². The summed E-state index contributed by atoms with van der Waals surface area (Å²) >= 11 is 5.58. The fourth-order valence-corrected chi connectivity index (χ4v) is 1.08. The summed E-state index contributed by atoms with van der Waals surface area (Å²) in [5.41, 5.74) is 1.74. The minimum atomic E-state index is -0.229. The summed E-state index contributed by atoms with van der Waals surface area (Å²) in [4.78, 5) is 0. The Bertz CT molecular complexity index is 323. The van der Waals surface area contributed by atoms with Crippen LogP contribution in [0.1, 0.15) is 5.56 Å². The highest BCUT2D eigenvalue weighted by Gasteiger charge is 1.98. The molecule has 1 N–H and O–H groups in total. The zero-order chi connectivity index (χ0) is 9.84. The molecule has 1 aromatic carbocycles. The summed E-state index contributed by atoms with van der Waals surface area (Å²) in [6.45, 7) is 5.88. The minimum Gasteiger partial charge on any atom is -0.380 e. The van der Waals surface area contributed by atoms with Crippen LogP contribution in [0.25, 0.3) is 0 Å². The molecular weight excluding hydrogens is 189 g/mol. The van der Waals surface area contributed by atoms with E-state index >= 15 is 0 Å². The van der Waals surface area contributed by atoms with E-state index in [2.05, 4.69) is 11.9 Å². The molecule has 0 aliphatic carbocycles. The molecule has 70 valence electrons. The number of hydrogen-bond donors (Lipinski definition) is 1. The third kappa shape index (κ3) is 3.07. The van der Waals surface area contributed by atoms with E-state index in [9.17, 15) is 4.39 Å². The summed E-state index contributed by atoms with van der Waals surface area (Å²) in [6, 6.07) is 4.57. The second-order valence-electron chi connectivity index (χ2n) is 2.83. The summed E-state index contributed by atoms with van der Waals surface area (Å²) < 4.78 is 12.7. The van der Waals surface area contributed by atoms with E-state index in [1.165, 1.54) is 12.1 Å². The molecular formula is C10H11ClFN. The van der Waals surface area contributed by atoms with Crippen LogP contribution in [0.2, 0.25) is 0 Å². The zero-order valence-electron chi connectivity index (χ0n) is 7.40. The van der Waals surface area contributed by atoms with Gasteiger partial charge in [0.1, 0.15) is 5.82 Å². The van der Waals surface area contributed by atoms with Crippen LogP contribution in [-0.4, -0.2) is 6.54 Å². The van der Waals surface area contributed by atoms with Crippen molar-refractivity contribution in [2.75, 3.05) is 11.9 Å². The monoisotopic (exact) mass is 199 g/mol. The number of benzene rings is 1. The van der Waals surface area contributed by atoms with Crippen molar-refractivity contribution in [2.45, 2.75) is 6.92 Å². The Balaban J connectivity index is 2.72. The van der Waals surface area contributed by atoms with Gasteiger partial charge in [-0.25, -0.2) is 4.39 Å². The summed E-state index contributed by atoms with van der Waals surface area (Å²) in [7, 11) is 0. The highest BCUT2D eigenvalue weighted by molar-refractivity contribution is 6.29. The topological polar surface area (TPSA) is 12.0 Å². The third-order valence-electron chi connectivity index (χ3n) is 1.66. The van der Waals surface area contributed by atoms with E-state index < -0.39 is 0 Å². The van der Waals surface area contributed by atoms with Crippen molar-refractivity contribution in [2.24, 2.45) is 0 Å². The highest BCUT2D eigenvalue weighted by Crippen LogP contribution is 2.16. The van der Waals surface area contributed by atoms with Gasteiger partial charge in [-0.1, -0.05) is 18.2 Å². The fraction of sp³-hybridized carbons (Fsp3) is 0.200. The molecule has 1 rings (SSSR count). The van der Waals surface area contributed by atoms with Gasteiger partial charge in [-0.05, 0) is 30.7 Å². The molecule has 1 aromatic rings. The van der Waals surface area contributed by atoms with Gasteiger partial charge < -0.3 is 5.32 Å². The average Bonchev–Trinajstić information content (AvgIpc) is 2.02. The van der Waals surface area contributed by atoms with Gasteiger partial charge in [0.25, 0.3) is 0 Å². The molecule has 0 aliphatic heterocycles. The minimum absolute atomic E-state index is 0.229. The maximum Gasteiger partial charge on any atom is 0.123 e. The van der Waals surface area contributed by atoms with E-state index in [1.54, 1.807) is 6.07 Å². The van der Waals surface area contributed by atoms with Crippen molar-refractivity contribution in [3.8, 4) is 0 Å². The van der Waals surface area contributed by atoms with E-state index in [0.717, 1.165) is 11.3 Å². The van der Waals surface area contributed by atoms with E-state index in [4.69, 9.17) is 11.6 Å². The number of rotatable bonds is 3. The first kappa shape index (κ1) is 10.1. The highest BCUT2D eigenvalue weighted by atomic mass is 35.5. The third-order valence-corrected chi connectivity index (χ3v) is 1.79. The number of halogens is 2. The first-order valence-corrected chi connectivity index (χ1v) is 4.30. The quantitative estimate of drug-likeness (QED) is 0.788. The lowest BCUT2D eigenvalue weighted by Crippen LogP contribution is -2.02. The van der Waals surface area contributed by atoms with Crippen molar-refractivity contribution in [1.82, 2.24) is 0 Å². The van der Waals surface area contributed by atoms with Crippen LogP contribution in [0.3, 0.4) is 0 Å². The molecule has 3 heteroatoms. The Hall–Kier alpha value is -1.02. The molecule has 0 spiro atoms. The SMILES string of the molecule is C=C(Cl)CNc1ccc(F)cc1C. The Morgan fingerprint density at radius 2 is 2.31 bits per heavy atom. The molecule has 0 atom stereocenters. The first-order chi connectivity index (χ1) is 6.09. The molecule has 0 amide bonds. The molecule has 0 aliphatic rings. The predicted octanol–water partition coefficient (Wildman–Crippen LogP) is 3.30. The molecule has 0 saturated heterocycles. The van der Waals surface area contributed by atoms with E-state index in [1.807, 2.05) is 6.92 Å². The average molecular weight is 200 g/mol. The van der Waals surface area contributed by atoms with Gasteiger partial charge >= 0.3 is 0 Å². The van der Waals surface area contributed by atoms with Crippen molar-refractivity contribution in [3.05, 3.63) is 41.2 Å². The summed E-state index contributed by atoms with van der Waals surface area (Å²) in [5.74, 6) is -0.229. The molecule has 0 bridgehead atoms. The molecule has 0 radical (unpaired) electrons. The van der Waals surface area contributed by atoms with Crippen LogP contribution < -0.4 is 5.32 Å². The molecule has 0 heterocycles. The van der Waals surface area contributed by atoms with Crippen LogP contribution in [0, 0.1) is 12.7 Å². The van der Waals surface area contributed by atoms with E-state index in [-0.39, 0.29) is 5.82 Å². The zero-order valence-corrected chi connectivity index (χ0v) is 8.16. The second kappa shape index (κ2) is 4.28. The summed E-state index contributed by atoms with van der Waals surface area (Å²) in [6.07, 6.45) is 0. The normalized spacial score (nSPS) is 9.77. The molecule has 13 heavy (non-hydrogen) atoms. The molecule has 0 unspecified atom stereocenters. The lowest BCUT2D eigenvalue weighted by Gasteiger charge is -2.07. The maximum atomic E-state index is 12.7. The number of aryl methyl sites for hydroxylation is 1. The number of hydrogen-bond acceptors (Lipinski definition) is 1. The predicted molar refractivity (Wildman–Crippen MR) is 54.6 cm³/mol. The summed E-state index contributed by atoms with van der Waals surface area (Å²) in [5, 5.41) is 3.57. The van der Waals surface area contributed by atoms with Gasteiger partial charge in [0.2, 0.25) is 0 Å². The van der Waals surface area contributed by atoms with Gasteiger partial charge in [0, 0.05) is 10.7 Å². The molecule has 0 aromatic heterocycles. The van der Waals surface area contributed by atoms with Crippen molar-refractivity contribution >= 4 is 17.3 Å². The van der Waals surface area contributed by atoms with Crippen LogP contribution in [0.4, 0.5) is 10.1 Å². The fourth-order valence-electron chi connectivity index (χ4n) is 1.02. The number of anilines is 1. The van der Waals surface area contributed by atoms with Crippen molar-refractivity contribution in [3.63, 3.8) is 0 Å². The Labute approximate surface area is 82.2 Å². The second-order valence-corrected chi connectivity index (χ2v) is 3.36. The van der Waals surface area contributed by atoms with Gasteiger partial charge in [0.05, 0.1) is 6.54 Å². The van der Waals surface area contributed by atoms with Gasteiger partial charge in [-0.3, -0.25) is 0 Å². The van der Waals surface area contributed by atoms with Crippen molar-refractivity contribution < 1.29 is 4.39 Å². The molecule has 0 saturated carbocycles. The van der Waals surface area contributed by atoms with Gasteiger partial charge in [0.15, 0.2) is 0 Å². The largest absolute Gasteiger partial charge is 0.380 e. The number of nitrogens with one attached hydrogen (secondary N) is 1. The standard InChI is InChI=1S/C10H11ClFN/c1-7-5-9(12)3-4-10(7)13-6-8(2)11/h3-5,13H,2,6H2,1H3. The Kier molecular flexibility index (Phi) is 3.32. The smallest absolute Gasteiger partial charge is 0.123 e. The van der Waals surface area contributed by atoms with Crippen LogP contribution >= 0.6 is 11.6 Å². The first-order valence-electron chi connectivity index (χ1n) is 3.93. The van der Waals surface area contributed by atoms with Crippen LogP contribution in [-0.2, 0) is 0 Å². The van der Waals surface area contributed by atoms with Gasteiger partial charge in [-0.15, -0.1) is 0 Å². The molecule has 0 fully saturated rings. The molecule has 1 nitrogen and oxygen atoms in total. The lowest BCUT2D eigenvalue weighted by atomic mass is 10.2. The van der Waals surface area contributed by atoms with Gasteiger partial charge in [-0.2, -0.15) is 0 Å². The van der Waals surface area contributed by atoms with Crippen LogP contribution in [0.15, 0.2) is 29.8 Å². The van der Waals surface area contributed by atoms with Crippen LogP contribution in [0.5, 0.6) is 0 Å². The van der Waals surface area contributed by atoms with Crippen molar-refractivity contribution in [1.29, 1.82) is 0 Å². The Morgan fingerprint density at radius 1 is 1.62 bits per heavy atom.